The van der Waals surface area contributed by atoms with Crippen molar-refractivity contribution in [3.8, 4) is 5.75 Å². The molecule has 1 aliphatic carbocycles. The third-order valence-electron chi connectivity index (χ3n) is 18.0. The Labute approximate surface area is 392 Å². The molecule has 7 aliphatic heterocycles. The van der Waals surface area contributed by atoms with E-state index in [9.17, 15) is 14.7 Å². The van der Waals surface area contributed by atoms with Crippen LogP contribution < -0.4 is 15.0 Å². The Morgan fingerprint density at radius 1 is 1.01 bits per heavy atom. The van der Waals surface area contributed by atoms with Gasteiger partial charge in [0.2, 0.25) is 0 Å². The first-order valence-electron chi connectivity index (χ1n) is 24.3. The van der Waals surface area contributed by atoms with E-state index in [1.165, 1.54) is 14.0 Å². The van der Waals surface area contributed by atoms with Gasteiger partial charge in [-0.05, 0) is 61.1 Å². The maximum atomic E-state index is 15.6. The SMILES string of the molecule is CCC12C[N+]3([O-])CCC4c5ccccc5NC4[C@@](C(=O)OC)(c4cc5c(cc4OC)N(C)[C@@H]4[C@](O)(COC(=O)Cc6ccccc6)[C@@H](OC(C)=O)[C@@]6(CC)C=CCN7CC[C@@]54[C@H]76)CC(C3)C1O2. The molecule has 0 amide bonds. The van der Waals surface area contributed by atoms with Crippen molar-refractivity contribution in [2.75, 3.05) is 70.8 Å². The van der Waals surface area contributed by atoms with Crippen LogP contribution >= 0.6 is 0 Å². The van der Waals surface area contributed by atoms with E-state index in [1.54, 1.807) is 7.11 Å². The average Bonchev–Trinajstić information content (AvgIpc) is 3.59. The summed E-state index contributed by atoms with van der Waals surface area (Å²) in [4.78, 5) is 47.2. The predicted octanol–water partition coefficient (Wildman–Crippen LogP) is 5.53. The molecule has 6 unspecified atom stereocenters. The number of methoxy groups -OCH3 is 2. The van der Waals surface area contributed by atoms with Crippen LogP contribution in [0.25, 0.3) is 0 Å². The minimum absolute atomic E-state index is 0.00506. The Morgan fingerprint density at radius 3 is 2.52 bits per heavy atom. The minimum Gasteiger partial charge on any atom is -0.633 e. The molecule has 3 aromatic carbocycles. The number of carbonyl (C=O) groups excluding carboxylic acids is 3. The summed E-state index contributed by atoms with van der Waals surface area (Å²) in [7, 11) is 5.02. The van der Waals surface area contributed by atoms with E-state index in [0.717, 1.165) is 28.1 Å². The number of piperidine rings is 1. The summed E-state index contributed by atoms with van der Waals surface area (Å²) in [5.74, 6) is -1.47. The third kappa shape index (κ3) is 6.14. The van der Waals surface area contributed by atoms with Gasteiger partial charge < -0.3 is 48.9 Å². The highest BCUT2D eigenvalue weighted by molar-refractivity contribution is 5.89. The molecule has 14 nitrogen and oxygen atoms in total. The van der Waals surface area contributed by atoms with E-state index >= 15 is 10.0 Å². The number of rotatable bonds is 10. The van der Waals surface area contributed by atoms with Gasteiger partial charge in [0, 0.05) is 78.6 Å². The molecule has 0 aromatic heterocycles. The number of epoxide rings is 1. The number of benzene rings is 3. The molecule has 11 rings (SSSR count). The standard InChI is InChI=1S/C53H64N4O10/c1-7-49-20-14-22-56-23-21-51(45(49)56)37-26-38(41(63-5)27-40(37)55(4)46(51)53(61,47(49)66-32(3)58)31-65-42(59)25-33-15-10-9-11-16-33)52(48(60)64-6)28-34-29-57(62,30-50(8-2)44(34)67-50)24-19-36-35-17-12-13-18-39(35)54-43(36)52/h9-18,20,26-27,34,36,43-47,54,61H,7-8,19,21-25,28-31H2,1-6H3/t34?,36?,43?,44?,45-,46+,47+,49+,50?,51+,52+,53-,57?/m1/s1. The van der Waals surface area contributed by atoms with Crippen LogP contribution in [-0.2, 0) is 50.6 Å². The van der Waals surface area contributed by atoms with Crippen LogP contribution in [0.15, 0.2) is 78.9 Å². The van der Waals surface area contributed by atoms with Crippen LogP contribution in [0.3, 0.4) is 0 Å². The molecule has 8 aliphatic rings. The molecule has 14 heteroatoms. The lowest BCUT2D eigenvalue weighted by molar-refractivity contribution is -0.890. The summed E-state index contributed by atoms with van der Waals surface area (Å²) in [5, 5.41) is 32.8. The quantitative estimate of drug-likeness (QED) is 0.0653. The van der Waals surface area contributed by atoms with Gasteiger partial charge in [0.15, 0.2) is 5.60 Å². The molecule has 7 heterocycles. The molecule has 67 heavy (non-hydrogen) atoms. The van der Waals surface area contributed by atoms with Gasteiger partial charge in [-0.3, -0.25) is 19.3 Å². The van der Waals surface area contributed by atoms with Gasteiger partial charge in [-0.1, -0.05) is 74.5 Å². The van der Waals surface area contributed by atoms with Crippen LogP contribution in [0.5, 0.6) is 5.75 Å². The second-order valence-corrected chi connectivity index (χ2v) is 21.1. The van der Waals surface area contributed by atoms with Gasteiger partial charge in [-0.25, -0.2) is 0 Å². The van der Waals surface area contributed by atoms with Crippen LogP contribution in [0.1, 0.15) is 81.0 Å². The van der Waals surface area contributed by atoms with Gasteiger partial charge in [0.25, 0.3) is 0 Å². The fourth-order valence-electron chi connectivity index (χ4n) is 15.6. The summed E-state index contributed by atoms with van der Waals surface area (Å²) in [6.07, 6.45) is 5.63. The molecular formula is C53H64N4O10. The van der Waals surface area contributed by atoms with Crippen molar-refractivity contribution < 1.29 is 47.8 Å². The van der Waals surface area contributed by atoms with E-state index in [4.69, 9.17) is 23.7 Å². The molecule has 4 saturated heterocycles. The summed E-state index contributed by atoms with van der Waals surface area (Å²) in [5.41, 5.74) is -0.446. The first-order chi connectivity index (χ1) is 32.2. The first kappa shape index (κ1) is 44.5. The Hall–Kier alpha value is -4.99. The number of quaternary nitrogens is 1. The number of nitrogens with one attached hydrogen (secondary N) is 1. The monoisotopic (exact) mass is 916 g/mol. The molecule has 13 atom stereocenters. The molecule has 1 saturated carbocycles. The van der Waals surface area contributed by atoms with Gasteiger partial charge in [-0.2, -0.15) is 0 Å². The number of carbonyl (C=O) groups is 3. The normalized spacial score (nSPS) is 39.4. The highest BCUT2D eigenvalue weighted by atomic mass is 16.6. The molecule has 2 N–H and O–H groups in total. The van der Waals surface area contributed by atoms with Crippen molar-refractivity contribution >= 4 is 29.3 Å². The molecule has 5 fully saturated rings. The topological polar surface area (TPSA) is 162 Å². The van der Waals surface area contributed by atoms with E-state index in [-0.39, 0.29) is 41.5 Å². The summed E-state index contributed by atoms with van der Waals surface area (Å²) >= 11 is 0. The van der Waals surface area contributed by atoms with E-state index < -0.39 is 70.1 Å². The van der Waals surface area contributed by atoms with Gasteiger partial charge >= 0.3 is 17.9 Å². The lowest BCUT2D eigenvalue weighted by Crippen LogP contribution is -2.80. The van der Waals surface area contributed by atoms with Crippen LogP contribution in [0.2, 0.25) is 0 Å². The van der Waals surface area contributed by atoms with Gasteiger partial charge in [0.1, 0.15) is 42.1 Å². The lowest BCUT2D eigenvalue weighted by Gasteiger charge is -2.64. The van der Waals surface area contributed by atoms with Crippen molar-refractivity contribution in [3.63, 3.8) is 0 Å². The third-order valence-corrected chi connectivity index (χ3v) is 18.0. The predicted molar refractivity (Wildman–Crippen MR) is 249 cm³/mol. The zero-order chi connectivity index (χ0) is 46.9. The summed E-state index contributed by atoms with van der Waals surface area (Å²) < 4.78 is 31.3. The maximum Gasteiger partial charge on any atom is 0.318 e. The summed E-state index contributed by atoms with van der Waals surface area (Å²) in [6, 6.07) is 20.1. The number of esters is 3. The fourth-order valence-corrected chi connectivity index (χ4v) is 15.6. The number of hydrogen-bond acceptors (Lipinski definition) is 13. The Morgan fingerprint density at radius 2 is 1.79 bits per heavy atom. The number of anilines is 2. The number of hydroxylamine groups is 3. The highest BCUT2D eigenvalue weighted by Crippen LogP contribution is 2.69. The second-order valence-electron chi connectivity index (χ2n) is 21.1. The number of fused-ring (bicyclic) bond motifs is 8. The second kappa shape index (κ2) is 15.5. The van der Waals surface area contributed by atoms with Crippen molar-refractivity contribution in [2.24, 2.45) is 11.3 Å². The number of ether oxygens (including phenoxy) is 5. The van der Waals surface area contributed by atoms with Crippen LogP contribution in [-0.4, -0.2) is 135 Å². The molecule has 2 bridgehead atoms. The Kier molecular flexibility index (Phi) is 10.3. The number of nitrogens with zero attached hydrogens (tertiary/aromatic N) is 3. The van der Waals surface area contributed by atoms with Gasteiger partial charge in [-0.15, -0.1) is 0 Å². The fraction of sp³-hybridized carbons (Fsp3) is 0.566. The van der Waals surface area contributed by atoms with E-state index in [2.05, 4.69) is 53.2 Å². The number of aliphatic hydroxyl groups is 1. The van der Waals surface area contributed by atoms with E-state index in [1.807, 2.05) is 61.6 Å². The van der Waals surface area contributed by atoms with Crippen LogP contribution in [0, 0.1) is 16.5 Å². The van der Waals surface area contributed by atoms with Crippen LogP contribution in [0.4, 0.5) is 11.4 Å². The zero-order valence-corrected chi connectivity index (χ0v) is 39.5. The smallest absolute Gasteiger partial charge is 0.318 e. The molecule has 1 spiro atoms. The lowest BCUT2D eigenvalue weighted by atomic mass is 9.47. The largest absolute Gasteiger partial charge is 0.633 e. The van der Waals surface area contributed by atoms with Crippen molar-refractivity contribution in [3.05, 3.63) is 106 Å². The molecular weight excluding hydrogens is 853 g/mol. The molecule has 0 radical (unpaired) electrons. The number of likely N-dealkylation sites (N-methyl/N-ethyl adjacent to an activating group) is 1. The highest BCUT2D eigenvalue weighted by Gasteiger charge is 2.79. The molecule has 356 valence electrons. The van der Waals surface area contributed by atoms with Gasteiger partial charge in [0.05, 0.1) is 45.8 Å². The zero-order valence-electron chi connectivity index (χ0n) is 39.5. The molecule has 3 aromatic rings. The maximum absolute atomic E-state index is 15.6. The summed E-state index contributed by atoms with van der Waals surface area (Å²) in [6.45, 7) is 7.55. The van der Waals surface area contributed by atoms with Crippen molar-refractivity contribution in [1.29, 1.82) is 0 Å². The number of para-hydroxylation sites is 1. The van der Waals surface area contributed by atoms with Crippen molar-refractivity contribution in [1.82, 2.24) is 4.90 Å². The average molecular weight is 917 g/mol. The minimum atomic E-state index is -1.93. The number of hydrogen-bond donors (Lipinski definition) is 2. The Balaban J connectivity index is 1.13. The van der Waals surface area contributed by atoms with E-state index in [0.29, 0.717) is 69.7 Å². The first-order valence-corrected chi connectivity index (χ1v) is 24.3. The Bertz CT molecular complexity index is 2540. The van der Waals surface area contributed by atoms with Crippen molar-refractivity contribution in [2.45, 2.75) is 118 Å².